The van der Waals surface area contributed by atoms with Gasteiger partial charge in [0.15, 0.2) is 0 Å². The van der Waals surface area contributed by atoms with E-state index in [4.69, 9.17) is 0 Å². The molecule has 0 saturated heterocycles. The summed E-state index contributed by atoms with van der Waals surface area (Å²) in [6, 6.07) is 56.6. The fourth-order valence-electron chi connectivity index (χ4n) is 7.74. The summed E-state index contributed by atoms with van der Waals surface area (Å²) >= 11 is 0. The normalized spacial score (nSPS) is 12.2. The van der Waals surface area contributed by atoms with Crippen LogP contribution in [-0.2, 0) is 5.41 Å². The van der Waals surface area contributed by atoms with E-state index in [1.807, 2.05) is 0 Å². The van der Waals surface area contributed by atoms with Gasteiger partial charge in [0.25, 0.3) is 0 Å². The molecule has 0 amide bonds. The minimum Gasteiger partial charge on any atom is -0.0616 e. The molecule has 9 aromatic carbocycles. The van der Waals surface area contributed by atoms with Crippen LogP contribution >= 0.6 is 0 Å². The van der Waals surface area contributed by atoms with Crippen LogP contribution in [0.3, 0.4) is 0 Å². The fourth-order valence-corrected chi connectivity index (χ4v) is 7.74. The Morgan fingerprint density at radius 2 is 0.717 bits per heavy atom. The molecule has 0 heterocycles. The monoisotopic (exact) mass is 586 g/mol. The number of fused-ring (bicyclic) bond motifs is 8. The molecule has 0 heteroatoms. The highest BCUT2D eigenvalue weighted by Crippen LogP contribution is 2.48. The highest BCUT2D eigenvalue weighted by molar-refractivity contribution is 6.27. The Balaban J connectivity index is 1.47. The van der Waals surface area contributed by atoms with Crippen LogP contribution in [0, 0.1) is 0 Å². The van der Waals surface area contributed by atoms with Gasteiger partial charge in [0.05, 0.1) is 0 Å². The quantitative estimate of drug-likeness (QED) is 0.140. The first-order valence-corrected chi connectivity index (χ1v) is 16.3. The maximum absolute atomic E-state index is 2.47. The lowest BCUT2D eigenvalue weighted by atomic mass is 9.80. The van der Waals surface area contributed by atoms with Crippen molar-refractivity contribution < 1.29 is 0 Å². The third kappa shape index (κ3) is 4.00. The second kappa shape index (κ2) is 10.0. The molecule has 0 bridgehead atoms. The molecule has 9 aromatic rings. The van der Waals surface area contributed by atoms with E-state index in [1.165, 1.54) is 92.5 Å². The molecule has 0 nitrogen and oxygen atoms in total. The summed E-state index contributed by atoms with van der Waals surface area (Å²) in [5, 5.41) is 15.5. The molecule has 0 radical (unpaired) electrons. The van der Waals surface area contributed by atoms with Gasteiger partial charge in [-0.25, -0.2) is 0 Å². The van der Waals surface area contributed by atoms with Crippen LogP contribution in [0.1, 0.15) is 26.3 Å². The molecule has 218 valence electrons. The van der Waals surface area contributed by atoms with Crippen molar-refractivity contribution in [3.05, 3.63) is 157 Å². The van der Waals surface area contributed by atoms with Crippen LogP contribution in [0.2, 0.25) is 0 Å². The molecule has 0 aromatic heterocycles. The minimum absolute atomic E-state index is 0.0184. The van der Waals surface area contributed by atoms with Gasteiger partial charge in [0, 0.05) is 0 Å². The molecule has 0 aliphatic carbocycles. The zero-order valence-electron chi connectivity index (χ0n) is 26.4. The van der Waals surface area contributed by atoms with Gasteiger partial charge in [0.2, 0.25) is 0 Å². The Bertz CT molecular complexity index is 2660. The lowest BCUT2D eigenvalue weighted by molar-refractivity contribution is 0.591. The zero-order valence-corrected chi connectivity index (χ0v) is 26.4. The number of benzene rings is 9. The van der Waals surface area contributed by atoms with Gasteiger partial charge < -0.3 is 0 Å². The third-order valence-corrected chi connectivity index (χ3v) is 10.0. The van der Waals surface area contributed by atoms with Gasteiger partial charge >= 0.3 is 0 Å². The van der Waals surface area contributed by atoms with Crippen LogP contribution in [0.25, 0.3) is 86.9 Å². The summed E-state index contributed by atoms with van der Waals surface area (Å²) in [5.74, 6) is 0. The van der Waals surface area contributed by atoms with Crippen LogP contribution in [-0.4, -0.2) is 0 Å². The van der Waals surface area contributed by atoms with Gasteiger partial charge in [-0.15, -0.1) is 0 Å². The molecule has 46 heavy (non-hydrogen) atoms. The van der Waals surface area contributed by atoms with Crippen molar-refractivity contribution in [3.8, 4) is 22.3 Å². The number of hydrogen-bond donors (Lipinski definition) is 0. The molecule has 0 N–H and O–H groups in total. The lowest BCUT2D eigenvalue weighted by Gasteiger charge is -2.24. The molecule has 0 unspecified atom stereocenters. The van der Waals surface area contributed by atoms with E-state index in [2.05, 4.69) is 172 Å². The van der Waals surface area contributed by atoms with E-state index in [0.717, 1.165) is 0 Å². The van der Waals surface area contributed by atoms with E-state index in [1.54, 1.807) is 0 Å². The SMILES string of the molecule is CC(C)(C)c1ccc2c(-c3cccc4c3ccc3ccccc34)c3ccccc3c(-c3cccc4c3ccc3ccccc34)c2c1. The van der Waals surface area contributed by atoms with Crippen LogP contribution in [0.15, 0.2) is 152 Å². The van der Waals surface area contributed by atoms with Crippen molar-refractivity contribution in [2.75, 3.05) is 0 Å². The molecule has 0 aliphatic heterocycles. The molecule has 0 aliphatic rings. The van der Waals surface area contributed by atoms with Crippen molar-refractivity contribution in [1.29, 1.82) is 0 Å². The van der Waals surface area contributed by atoms with Crippen molar-refractivity contribution in [2.24, 2.45) is 0 Å². The van der Waals surface area contributed by atoms with E-state index >= 15 is 0 Å². The van der Waals surface area contributed by atoms with Crippen LogP contribution in [0.4, 0.5) is 0 Å². The summed E-state index contributed by atoms with van der Waals surface area (Å²) in [7, 11) is 0. The summed E-state index contributed by atoms with van der Waals surface area (Å²) in [4.78, 5) is 0. The molecule has 9 rings (SSSR count). The Morgan fingerprint density at radius 1 is 0.304 bits per heavy atom. The summed E-state index contributed by atoms with van der Waals surface area (Å²) in [5.41, 5.74) is 6.55. The molecule has 0 atom stereocenters. The topological polar surface area (TPSA) is 0 Å². The average molecular weight is 587 g/mol. The highest BCUT2D eigenvalue weighted by atomic mass is 14.3. The summed E-state index contributed by atoms with van der Waals surface area (Å²) < 4.78 is 0. The van der Waals surface area contributed by atoms with E-state index < -0.39 is 0 Å². The van der Waals surface area contributed by atoms with Crippen molar-refractivity contribution >= 4 is 64.6 Å². The second-order valence-corrected chi connectivity index (χ2v) is 13.7. The van der Waals surface area contributed by atoms with Crippen molar-refractivity contribution in [3.63, 3.8) is 0 Å². The zero-order chi connectivity index (χ0) is 31.0. The Kier molecular flexibility index (Phi) is 5.86. The second-order valence-electron chi connectivity index (χ2n) is 13.7. The fraction of sp³-hybridized carbons (Fsp3) is 0.0870. The van der Waals surface area contributed by atoms with Crippen LogP contribution < -0.4 is 0 Å². The largest absolute Gasteiger partial charge is 0.0616 e. The summed E-state index contributed by atoms with van der Waals surface area (Å²) in [6.07, 6.45) is 0. The molecule has 0 spiro atoms. The van der Waals surface area contributed by atoms with E-state index in [-0.39, 0.29) is 5.41 Å². The maximum atomic E-state index is 2.47. The van der Waals surface area contributed by atoms with Gasteiger partial charge in [-0.05, 0) is 104 Å². The first-order valence-electron chi connectivity index (χ1n) is 16.3. The van der Waals surface area contributed by atoms with Gasteiger partial charge in [0.1, 0.15) is 0 Å². The van der Waals surface area contributed by atoms with E-state index in [0.29, 0.717) is 0 Å². The molecular weight excluding hydrogens is 553 g/mol. The highest BCUT2D eigenvalue weighted by Gasteiger charge is 2.22. The maximum Gasteiger partial charge on any atom is -0.00200 e. The summed E-state index contributed by atoms with van der Waals surface area (Å²) in [6.45, 7) is 6.95. The molecule has 0 saturated carbocycles. The Morgan fingerprint density at radius 3 is 1.24 bits per heavy atom. The van der Waals surface area contributed by atoms with Gasteiger partial charge in [-0.1, -0.05) is 166 Å². The molecular formula is C46H34. The minimum atomic E-state index is 0.0184. The number of hydrogen-bond acceptors (Lipinski definition) is 0. The Labute approximate surface area is 269 Å². The third-order valence-electron chi connectivity index (χ3n) is 10.0. The first-order chi connectivity index (χ1) is 22.5. The first kappa shape index (κ1) is 26.9. The van der Waals surface area contributed by atoms with E-state index in [9.17, 15) is 0 Å². The van der Waals surface area contributed by atoms with Gasteiger partial charge in [-0.2, -0.15) is 0 Å². The standard InChI is InChI=1S/C46H34/c1-46(2,3)31-24-27-42-43(28-31)45(39-21-11-19-35-33-15-7-5-13-30(33)23-26-37(35)39)41-17-9-8-16-40(41)44(42)38-20-10-18-34-32-14-6-4-12-29(32)22-25-36(34)38/h4-28H,1-3H3. The Hall–Kier alpha value is -5.46. The smallest absolute Gasteiger partial charge is 0.00200 e. The van der Waals surface area contributed by atoms with Gasteiger partial charge in [-0.3, -0.25) is 0 Å². The molecule has 0 fully saturated rings. The average Bonchev–Trinajstić information content (AvgIpc) is 3.09. The predicted molar refractivity (Wildman–Crippen MR) is 201 cm³/mol. The predicted octanol–water partition coefficient (Wildman–Crippen LogP) is 13.2. The van der Waals surface area contributed by atoms with Crippen molar-refractivity contribution in [1.82, 2.24) is 0 Å². The number of rotatable bonds is 2. The van der Waals surface area contributed by atoms with Crippen LogP contribution in [0.5, 0.6) is 0 Å². The van der Waals surface area contributed by atoms with Crippen molar-refractivity contribution in [2.45, 2.75) is 26.2 Å². The lowest BCUT2D eigenvalue weighted by Crippen LogP contribution is -2.10.